The summed E-state index contributed by atoms with van der Waals surface area (Å²) < 4.78 is 0. The number of carbonyl (C=O) groups excluding carboxylic acids is 1. The van der Waals surface area contributed by atoms with Gasteiger partial charge in [-0.05, 0) is 29.6 Å². The molecule has 9 heteroatoms. The van der Waals surface area contributed by atoms with Crippen molar-refractivity contribution in [2.24, 2.45) is 0 Å². The number of hydrogen-bond donors (Lipinski definition) is 2. The number of pyridine rings is 1. The second-order valence-corrected chi connectivity index (χ2v) is 8.11. The van der Waals surface area contributed by atoms with Crippen LogP contribution in [0.5, 0.6) is 0 Å². The van der Waals surface area contributed by atoms with E-state index in [1.165, 1.54) is 23.6 Å². The molecular formula is C21H19ClN4O3S. The maximum absolute atomic E-state index is 12.2. The number of hydrogen-bond acceptors (Lipinski definition) is 6. The Morgan fingerprint density at radius 1 is 1.07 bits per heavy atom. The minimum atomic E-state index is -1.08. The van der Waals surface area contributed by atoms with Gasteiger partial charge in [-0.3, -0.25) is 4.79 Å². The van der Waals surface area contributed by atoms with Gasteiger partial charge in [-0.2, -0.15) is 0 Å². The van der Waals surface area contributed by atoms with Gasteiger partial charge in [0.05, 0.1) is 27.5 Å². The number of carboxylic acid groups (broad SMARTS) is 1. The maximum atomic E-state index is 12.2. The number of nitrogens with zero attached hydrogens (tertiary/aromatic N) is 3. The van der Waals surface area contributed by atoms with Gasteiger partial charge < -0.3 is 20.2 Å². The fourth-order valence-corrected chi connectivity index (χ4v) is 4.28. The van der Waals surface area contributed by atoms with Crippen molar-refractivity contribution in [1.82, 2.24) is 4.98 Å². The Balaban J connectivity index is 1.49. The minimum absolute atomic E-state index is 0.0603. The number of nitrogens with one attached hydrogen (secondary N) is 1. The summed E-state index contributed by atoms with van der Waals surface area (Å²) >= 11 is 7.61. The summed E-state index contributed by atoms with van der Waals surface area (Å²) in [5.74, 6) is -0.974. The highest BCUT2D eigenvalue weighted by Gasteiger charge is 2.24. The van der Waals surface area contributed by atoms with Gasteiger partial charge in [0, 0.05) is 26.2 Å². The van der Waals surface area contributed by atoms with Crippen molar-refractivity contribution in [3.63, 3.8) is 0 Å². The lowest BCUT2D eigenvalue weighted by Crippen LogP contribution is -2.47. The van der Waals surface area contributed by atoms with Gasteiger partial charge in [-0.15, -0.1) is 11.3 Å². The quantitative estimate of drug-likeness (QED) is 0.619. The van der Waals surface area contributed by atoms with Crippen molar-refractivity contribution < 1.29 is 14.7 Å². The van der Waals surface area contributed by atoms with E-state index in [1.807, 2.05) is 29.2 Å². The van der Waals surface area contributed by atoms with Crippen molar-refractivity contribution in [2.45, 2.75) is 0 Å². The number of carboxylic acids is 1. The first kappa shape index (κ1) is 20.2. The van der Waals surface area contributed by atoms with Crippen LogP contribution >= 0.6 is 22.9 Å². The minimum Gasteiger partial charge on any atom is -0.478 e. The lowest BCUT2D eigenvalue weighted by molar-refractivity contribution is 0.0696. The number of aromatic carboxylic acids is 1. The third-order valence-electron chi connectivity index (χ3n) is 4.87. The molecule has 3 aromatic rings. The number of para-hydroxylation sites is 1. The molecule has 1 amide bonds. The number of aromatic nitrogens is 1. The van der Waals surface area contributed by atoms with Gasteiger partial charge in [0.1, 0.15) is 11.4 Å². The summed E-state index contributed by atoms with van der Waals surface area (Å²) in [6, 6.07) is 12.6. The Bertz CT molecular complexity index is 1070. The molecule has 0 unspecified atom stereocenters. The molecule has 1 saturated heterocycles. The zero-order valence-electron chi connectivity index (χ0n) is 15.9. The van der Waals surface area contributed by atoms with E-state index in [2.05, 4.69) is 15.2 Å². The Hall–Kier alpha value is -3.10. The lowest BCUT2D eigenvalue weighted by Gasteiger charge is -2.37. The van der Waals surface area contributed by atoms with Crippen molar-refractivity contribution >= 4 is 52.0 Å². The molecule has 0 radical (unpaired) electrons. The normalized spacial score (nSPS) is 13.9. The van der Waals surface area contributed by atoms with E-state index in [9.17, 15) is 14.7 Å². The van der Waals surface area contributed by atoms with Crippen molar-refractivity contribution in [3.05, 3.63) is 69.5 Å². The van der Waals surface area contributed by atoms with E-state index >= 15 is 0 Å². The Kier molecular flexibility index (Phi) is 5.87. The van der Waals surface area contributed by atoms with Gasteiger partial charge in [0.25, 0.3) is 5.91 Å². The fourth-order valence-electron chi connectivity index (χ4n) is 3.40. The zero-order valence-corrected chi connectivity index (χ0v) is 17.5. The largest absolute Gasteiger partial charge is 0.478 e. The van der Waals surface area contributed by atoms with Crippen molar-refractivity contribution in [1.29, 1.82) is 0 Å². The SMILES string of the molecule is O=C(Nc1cnc(N2CCN(c3ccccc3Cl)CC2)c(C(=O)O)c1)c1cccs1. The predicted molar refractivity (Wildman–Crippen MR) is 119 cm³/mol. The first-order valence-electron chi connectivity index (χ1n) is 9.35. The van der Waals surface area contributed by atoms with Crippen LogP contribution < -0.4 is 15.1 Å². The highest BCUT2D eigenvalue weighted by atomic mass is 35.5. The van der Waals surface area contributed by atoms with Crippen LogP contribution in [-0.2, 0) is 0 Å². The number of carbonyl (C=O) groups is 2. The van der Waals surface area contributed by atoms with E-state index in [-0.39, 0.29) is 11.5 Å². The van der Waals surface area contributed by atoms with Crippen LogP contribution in [0.2, 0.25) is 5.02 Å². The number of piperazine rings is 1. The monoisotopic (exact) mass is 442 g/mol. The second kappa shape index (κ2) is 8.73. The van der Waals surface area contributed by atoms with Gasteiger partial charge in [0.15, 0.2) is 0 Å². The van der Waals surface area contributed by atoms with Crippen LogP contribution in [0.3, 0.4) is 0 Å². The highest BCUT2D eigenvalue weighted by molar-refractivity contribution is 7.12. The van der Waals surface area contributed by atoms with Crippen LogP contribution in [0.25, 0.3) is 0 Å². The topological polar surface area (TPSA) is 85.8 Å². The Morgan fingerprint density at radius 3 is 2.47 bits per heavy atom. The molecule has 0 bridgehead atoms. The van der Waals surface area contributed by atoms with E-state index < -0.39 is 5.97 Å². The van der Waals surface area contributed by atoms with Crippen molar-refractivity contribution in [2.75, 3.05) is 41.3 Å². The average Bonchev–Trinajstić information content (AvgIpc) is 3.29. The Labute approximate surface area is 182 Å². The third kappa shape index (κ3) is 4.24. The standard InChI is InChI=1S/C21H19ClN4O3S/c22-16-4-1-2-5-17(16)25-7-9-26(10-8-25)19-15(21(28)29)12-14(13-23-19)24-20(27)18-6-3-11-30-18/h1-6,11-13H,7-10H2,(H,24,27)(H,28,29). The summed E-state index contributed by atoms with van der Waals surface area (Å²) in [4.78, 5) is 33.1. The van der Waals surface area contributed by atoms with Gasteiger partial charge in [0.2, 0.25) is 0 Å². The molecule has 1 fully saturated rings. The maximum Gasteiger partial charge on any atom is 0.339 e. The van der Waals surface area contributed by atoms with Crippen molar-refractivity contribution in [3.8, 4) is 0 Å². The van der Waals surface area contributed by atoms with Gasteiger partial charge in [-0.25, -0.2) is 9.78 Å². The summed E-state index contributed by atoms with van der Waals surface area (Å²) in [6.07, 6.45) is 1.49. The van der Waals surface area contributed by atoms with Crippen LogP contribution in [0.15, 0.2) is 54.0 Å². The Morgan fingerprint density at radius 2 is 1.80 bits per heavy atom. The fraction of sp³-hybridized carbons (Fsp3) is 0.190. The third-order valence-corrected chi connectivity index (χ3v) is 6.06. The molecule has 1 aliphatic heterocycles. The zero-order chi connectivity index (χ0) is 21.1. The molecule has 0 aliphatic carbocycles. The van der Waals surface area contributed by atoms with Gasteiger partial charge >= 0.3 is 5.97 Å². The molecular weight excluding hydrogens is 424 g/mol. The summed E-state index contributed by atoms with van der Waals surface area (Å²) in [6.45, 7) is 2.61. The lowest BCUT2D eigenvalue weighted by atomic mass is 10.2. The molecule has 2 aromatic heterocycles. The smallest absolute Gasteiger partial charge is 0.339 e. The first-order valence-corrected chi connectivity index (χ1v) is 10.6. The molecule has 2 N–H and O–H groups in total. The van der Waals surface area contributed by atoms with Crippen LogP contribution in [0, 0.1) is 0 Å². The van der Waals surface area contributed by atoms with Crippen LogP contribution in [0.1, 0.15) is 20.0 Å². The number of amides is 1. The van der Waals surface area contributed by atoms with E-state index in [0.717, 1.165) is 5.69 Å². The molecule has 0 atom stereocenters. The van der Waals surface area contributed by atoms with Crippen LogP contribution in [-0.4, -0.2) is 48.1 Å². The average molecular weight is 443 g/mol. The summed E-state index contributed by atoms with van der Waals surface area (Å²) in [7, 11) is 0. The summed E-state index contributed by atoms with van der Waals surface area (Å²) in [5.41, 5.74) is 1.38. The molecule has 0 saturated carbocycles. The predicted octanol–water partition coefficient (Wildman–Crippen LogP) is 4.07. The molecule has 1 aliphatic rings. The number of thiophene rings is 1. The second-order valence-electron chi connectivity index (χ2n) is 6.76. The van der Waals surface area contributed by atoms with E-state index in [0.29, 0.717) is 47.6 Å². The van der Waals surface area contributed by atoms with Gasteiger partial charge in [-0.1, -0.05) is 29.8 Å². The molecule has 7 nitrogen and oxygen atoms in total. The molecule has 4 rings (SSSR count). The van der Waals surface area contributed by atoms with E-state index in [4.69, 9.17) is 11.6 Å². The highest BCUT2D eigenvalue weighted by Crippen LogP contribution is 2.28. The molecule has 3 heterocycles. The number of benzene rings is 1. The van der Waals surface area contributed by atoms with E-state index in [1.54, 1.807) is 17.5 Å². The number of halogens is 1. The first-order chi connectivity index (χ1) is 14.5. The number of anilines is 3. The van der Waals surface area contributed by atoms with Crippen LogP contribution in [0.4, 0.5) is 17.2 Å². The summed E-state index contributed by atoms with van der Waals surface area (Å²) in [5, 5.41) is 14.9. The molecule has 0 spiro atoms. The molecule has 30 heavy (non-hydrogen) atoms. The number of rotatable bonds is 5. The molecule has 154 valence electrons. The molecule has 1 aromatic carbocycles.